The number of nitrogens with two attached hydrogens (primary N) is 1. The van der Waals surface area contributed by atoms with E-state index in [9.17, 15) is 5.11 Å². The largest absolute Gasteiger partial charge is 0.388 e. The average molecular weight is 221 g/mol. The third kappa shape index (κ3) is 2.18. The van der Waals surface area contributed by atoms with E-state index in [0.717, 1.165) is 30.0 Å². The molecule has 1 atom stereocenters. The lowest BCUT2D eigenvalue weighted by Gasteiger charge is -2.22. The molecule has 3 N–H and O–H groups in total. The molecule has 0 bridgehead atoms. The van der Waals surface area contributed by atoms with Crippen LogP contribution in [0.1, 0.15) is 24.6 Å². The maximum Gasteiger partial charge on any atom is 0.133 e. The maximum atomic E-state index is 9.96. The number of anilines is 1. The van der Waals surface area contributed by atoms with Crippen molar-refractivity contribution in [2.24, 2.45) is 5.73 Å². The molecule has 88 valence electrons. The summed E-state index contributed by atoms with van der Waals surface area (Å²) in [5, 5.41) is 9.96. The fourth-order valence-corrected chi connectivity index (χ4v) is 2.13. The van der Waals surface area contributed by atoms with Crippen molar-refractivity contribution in [2.45, 2.75) is 32.4 Å². The summed E-state index contributed by atoms with van der Waals surface area (Å²) in [5.74, 6) is 0.931. The minimum Gasteiger partial charge on any atom is -0.388 e. The summed E-state index contributed by atoms with van der Waals surface area (Å²) in [6.45, 7) is 5.80. The SMILES string of the molecule is Cc1ccc(CN)c(N2CCC(C)(O)C2)n1. The summed E-state index contributed by atoms with van der Waals surface area (Å²) < 4.78 is 0. The summed E-state index contributed by atoms with van der Waals surface area (Å²) in [4.78, 5) is 6.65. The average Bonchev–Trinajstić information content (AvgIpc) is 2.59. The van der Waals surface area contributed by atoms with Gasteiger partial charge >= 0.3 is 0 Å². The number of aliphatic hydroxyl groups is 1. The summed E-state index contributed by atoms with van der Waals surface area (Å²) in [5.41, 5.74) is 7.14. The van der Waals surface area contributed by atoms with Crippen LogP contribution in [0.3, 0.4) is 0 Å². The molecule has 4 nitrogen and oxygen atoms in total. The van der Waals surface area contributed by atoms with Gasteiger partial charge in [-0.25, -0.2) is 4.98 Å². The fourth-order valence-electron chi connectivity index (χ4n) is 2.13. The number of pyridine rings is 1. The van der Waals surface area contributed by atoms with Crippen LogP contribution in [-0.2, 0) is 6.54 Å². The van der Waals surface area contributed by atoms with Crippen molar-refractivity contribution in [3.8, 4) is 0 Å². The summed E-state index contributed by atoms with van der Waals surface area (Å²) in [6.07, 6.45) is 0.784. The van der Waals surface area contributed by atoms with E-state index in [-0.39, 0.29) is 0 Å². The standard InChI is InChI=1S/C12H19N3O/c1-9-3-4-10(7-13)11(14-9)15-6-5-12(2,16)8-15/h3-4,16H,5-8,13H2,1-2H3. The van der Waals surface area contributed by atoms with Gasteiger partial charge in [-0.2, -0.15) is 0 Å². The third-order valence-electron chi connectivity index (χ3n) is 3.07. The van der Waals surface area contributed by atoms with Gasteiger partial charge in [-0.3, -0.25) is 0 Å². The Balaban J connectivity index is 2.30. The molecule has 1 fully saturated rings. The molecule has 1 aromatic heterocycles. The number of β-amino-alcohol motifs (C(OH)–C–C–N with tert-alkyl or cyclic N) is 1. The maximum absolute atomic E-state index is 9.96. The minimum absolute atomic E-state index is 0.487. The van der Waals surface area contributed by atoms with Gasteiger partial charge in [-0.05, 0) is 26.3 Å². The lowest BCUT2D eigenvalue weighted by molar-refractivity contribution is 0.0839. The molecule has 1 aromatic rings. The fraction of sp³-hybridized carbons (Fsp3) is 0.583. The predicted octanol–water partition coefficient (Wildman–Crippen LogP) is 0.810. The topological polar surface area (TPSA) is 62.4 Å². The number of hydrogen-bond acceptors (Lipinski definition) is 4. The van der Waals surface area contributed by atoms with E-state index in [1.54, 1.807) is 0 Å². The Morgan fingerprint density at radius 2 is 2.31 bits per heavy atom. The van der Waals surface area contributed by atoms with Crippen molar-refractivity contribution in [1.82, 2.24) is 4.98 Å². The molecule has 1 aliphatic heterocycles. The zero-order chi connectivity index (χ0) is 11.8. The summed E-state index contributed by atoms with van der Waals surface area (Å²) >= 11 is 0. The molecule has 2 heterocycles. The quantitative estimate of drug-likeness (QED) is 0.776. The van der Waals surface area contributed by atoms with Crippen LogP contribution in [0.25, 0.3) is 0 Å². The molecule has 2 rings (SSSR count). The smallest absolute Gasteiger partial charge is 0.133 e. The van der Waals surface area contributed by atoms with Crippen LogP contribution in [0, 0.1) is 6.92 Å². The molecule has 0 aliphatic carbocycles. The first-order valence-corrected chi connectivity index (χ1v) is 5.66. The van der Waals surface area contributed by atoms with Gasteiger partial charge in [-0.1, -0.05) is 6.07 Å². The monoisotopic (exact) mass is 221 g/mol. The van der Waals surface area contributed by atoms with E-state index in [1.807, 2.05) is 26.0 Å². The molecule has 0 amide bonds. The van der Waals surface area contributed by atoms with Crippen LogP contribution >= 0.6 is 0 Å². The van der Waals surface area contributed by atoms with Crippen molar-refractivity contribution in [1.29, 1.82) is 0 Å². The Hall–Kier alpha value is -1.13. The Morgan fingerprint density at radius 1 is 1.56 bits per heavy atom. The van der Waals surface area contributed by atoms with Crippen LogP contribution in [0.4, 0.5) is 5.82 Å². The highest BCUT2D eigenvalue weighted by Crippen LogP contribution is 2.27. The van der Waals surface area contributed by atoms with Gasteiger partial charge in [-0.15, -0.1) is 0 Å². The van der Waals surface area contributed by atoms with Gasteiger partial charge in [0, 0.05) is 30.9 Å². The first kappa shape index (κ1) is 11.4. The van der Waals surface area contributed by atoms with E-state index in [0.29, 0.717) is 13.1 Å². The highest BCUT2D eigenvalue weighted by atomic mass is 16.3. The number of nitrogens with zero attached hydrogens (tertiary/aromatic N) is 2. The van der Waals surface area contributed by atoms with Crippen LogP contribution in [0.2, 0.25) is 0 Å². The van der Waals surface area contributed by atoms with E-state index < -0.39 is 5.60 Å². The Bertz CT molecular complexity index is 390. The van der Waals surface area contributed by atoms with Crippen molar-refractivity contribution in [3.05, 3.63) is 23.4 Å². The Labute approximate surface area is 96.1 Å². The van der Waals surface area contributed by atoms with E-state index >= 15 is 0 Å². The highest BCUT2D eigenvalue weighted by molar-refractivity contribution is 5.49. The van der Waals surface area contributed by atoms with E-state index in [2.05, 4.69) is 9.88 Å². The highest BCUT2D eigenvalue weighted by Gasteiger charge is 2.32. The van der Waals surface area contributed by atoms with Crippen LogP contribution in [0.15, 0.2) is 12.1 Å². The number of hydrogen-bond donors (Lipinski definition) is 2. The van der Waals surface area contributed by atoms with E-state index in [4.69, 9.17) is 5.73 Å². The zero-order valence-corrected chi connectivity index (χ0v) is 9.90. The Morgan fingerprint density at radius 3 is 2.88 bits per heavy atom. The molecule has 1 saturated heterocycles. The normalized spacial score (nSPS) is 25.1. The molecule has 4 heteroatoms. The second-order valence-corrected chi connectivity index (χ2v) is 4.81. The second-order valence-electron chi connectivity index (χ2n) is 4.81. The van der Waals surface area contributed by atoms with Gasteiger partial charge in [0.2, 0.25) is 0 Å². The zero-order valence-electron chi connectivity index (χ0n) is 9.90. The van der Waals surface area contributed by atoms with Crippen molar-refractivity contribution in [2.75, 3.05) is 18.0 Å². The Kier molecular flexibility index (Phi) is 2.86. The lowest BCUT2D eigenvalue weighted by Crippen LogP contribution is -2.30. The van der Waals surface area contributed by atoms with Gasteiger partial charge in [0.25, 0.3) is 0 Å². The molecule has 0 saturated carbocycles. The lowest BCUT2D eigenvalue weighted by atomic mass is 10.1. The first-order chi connectivity index (χ1) is 7.52. The summed E-state index contributed by atoms with van der Waals surface area (Å²) in [6, 6.07) is 3.99. The number of rotatable bonds is 2. The minimum atomic E-state index is -0.600. The van der Waals surface area contributed by atoms with Gasteiger partial charge in [0.15, 0.2) is 0 Å². The molecule has 0 aromatic carbocycles. The van der Waals surface area contributed by atoms with Gasteiger partial charge < -0.3 is 15.7 Å². The molecular weight excluding hydrogens is 202 g/mol. The van der Waals surface area contributed by atoms with Crippen molar-refractivity contribution >= 4 is 5.82 Å². The van der Waals surface area contributed by atoms with Crippen LogP contribution < -0.4 is 10.6 Å². The second kappa shape index (κ2) is 4.03. The van der Waals surface area contributed by atoms with Crippen molar-refractivity contribution < 1.29 is 5.11 Å². The number of aromatic nitrogens is 1. The molecule has 1 aliphatic rings. The van der Waals surface area contributed by atoms with Crippen LogP contribution in [-0.4, -0.2) is 28.8 Å². The molecule has 0 spiro atoms. The van der Waals surface area contributed by atoms with Crippen molar-refractivity contribution in [3.63, 3.8) is 0 Å². The van der Waals surface area contributed by atoms with E-state index in [1.165, 1.54) is 0 Å². The predicted molar refractivity (Wildman–Crippen MR) is 64.3 cm³/mol. The van der Waals surface area contributed by atoms with Gasteiger partial charge in [0.1, 0.15) is 5.82 Å². The molecular formula is C12H19N3O. The molecule has 1 unspecified atom stereocenters. The molecule has 0 radical (unpaired) electrons. The van der Waals surface area contributed by atoms with Crippen LogP contribution in [0.5, 0.6) is 0 Å². The first-order valence-electron chi connectivity index (χ1n) is 5.66. The molecule has 16 heavy (non-hydrogen) atoms. The van der Waals surface area contributed by atoms with Gasteiger partial charge in [0.05, 0.1) is 5.60 Å². The third-order valence-corrected chi connectivity index (χ3v) is 3.07. The summed E-state index contributed by atoms with van der Waals surface area (Å²) in [7, 11) is 0. The number of aryl methyl sites for hydroxylation is 1.